The molecule has 1 aromatic carbocycles. The Morgan fingerprint density at radius 3 is 2.78 bits per heavy atom. The predicted molar refractivity (Wildman–Crippen MR) is 73.5 cm³/mol. The summed E-state index contributed by atoms with van der Waals surface area (Å²) in [7, 11) is 3.95. The highest BCUT2D eigenvalue weighted by Crippen LogP contribution is 2.19. The van der Waals surface area contributed by atoms with Crippen LogP contribution in [0.5, 0.6) is 0 Å². The van der Waals surface area contributed by atoms with Gasteiger partial charge in [-0.25, -0.2) is 0 Å². The molecule has 0 unspecified atom stereocenters. The lowest BCUT2D eigenvalue weighted by atomic mass is 10.1. The quantitative estimate of drug-likeness (QED) is 0.583. The summed E-state index contributed by atoms with van der Waals surface area (Å²) in [4.78, 5) is 13.2. The maximum absolute atomic E-state index is 11.2. The van der Waals surface area contributed by atoms with Crippen molar-refractivity contribution >= 4 is 17.3 Å². The Hall–Kier alpha value is -1.75. The molecule has 0 heterocycles. The third-order valence-corrected chi connectivity index (χ3v) is 2.53. The normalized spacial score (nSPS) is 10.2. The number of nitrogens with two attached hydrogens (primary N) is 1. The Morgan fingerprint density at radius 2 is 2.17 bits per heavy atom. The molecule has 3 N–H and O–H groups in total. The number of rotatable bonds is 6. The zero-order chi connectivity index (χ0) is 13.5. The maximum atomic E-state index is 11.2. The first-order chi connectivity index (χ1) is 8.54. The number of nitrogens with zero attached hydrogens (tertiary/aromatic N) is 1. The molecule has 0 amide bonds. The smallest absolute Gasteiger partial charge is 0.319 e. The molecule has 0 saturated carbocycles. The molecule has 100 valence electrons. The molecule has 0 atom stereocenters. The number of carbonyl (C=O) groups excluding carboxylic acids is 1. The van der Waals surface area contributed by atoms with Gasteiger partial charge in [-0.1, -0.05) is 0 Å². The van der Waals surface area contributed by atoms with Gasteiger partial charge >= 0.3 is 5.97 Å². The van der Waals surface area contributed by atoms with Gasteiger partial charge in [0, 0.05) is 32.0 Å². The third kappa shape index (κ3) is 4.25. The number of ether oxygens (including phenoxy) is 1. The van der Waals surface area contributed by atoms with Crippen LogP contribution in [0.15, 0.2) is 18.2 Å². The number of nitrogens with one attached hydrogen (secondary N) is 1. The van der Waals surface area contributed by atoms with Crippen molar-refractivity contribution in [1.82, 2.24) is 5.32 Å². The highest BCUT2D eigenvalue weighted by atomic mass is 16.5. The highest BCUT2D eigenvalue weighted by molar-refractivity contribution is 5.71. The maximum Gasteiger partial charge on any atom is 0.319 e. The summed E-state index contributed by atoms with van der Waals surface area (Å²) < 4.78 is 4.83. The predicted octanol–water partition coefficient (Wildman–Crippen LogP) is 0.987. The molecule has 0 spiro atoms. The second kappa shape index (κ2) is 6.86. The third-order valence-electron chi connectivity index (χ3n) is 2.53. The van der Waals surface area contributed by atoms with Gasteiger partial charge in [0.2, 0.25) is 0 Å². The van der Waals surface area contributed by atoms with Crippen molar-refractivity contribution in [2.24, 2.45) is 0 Å². The summed E-state index contributed by atoms with van der Waals surface area (Å²) in [6.45, 7) is 2.93. The molecule has 0 bridgehead atoms. The molecule has 0 fully saturated rings. The molecule has 0 radical (unpaired) electrons. The van der Waals surface area contributed by atoms with Crippen LogP contribution in [0.1, 0.15) is 12.5 Å². The van der Waals surface area contributed by atoms with E-state index in [-0.39, 0.29) is 12.5 Å². The summed E-state index contributed by atoms with van der Waals surface area (Å²) >= 11 is 0. The zero-order valence-electron chi connectivity index (χ0n) is 11.2. The molecule has 0 aliphatic carbocycles. The first-order valence-electron chi connectivity index (χ1n) is 5.96. The first kappa shape index (κ1) is 14.3. The lowest BCUT2D eigenvalue weighted by molar-refractivity contribution is -0.142. The Kier molecular flexibility index (Phi) is 5.45. The van der Waals surface area contributed by atoms with Crippen molar-refractivity contribution in [2.75, 3.05) is 37.9 Å². The van der Waals surface area contributed by atoms with Crippen LogP contribution in [0.25, 0.3) is 0 Å². The van der Waals surface area contributed by atoms with E-state index in [4.69, 9.17) is 10.5 Å². The van der Waals surface area contributed by atoms with Crippen molar-refractivity contribution in [3.05, 3.63) is 23.8 Å². The minimum absolute atomic E-state index is 0.194. The van der Waals surface area contributed by atoms with E-state index in [1.165, 1.54) is 0 Å². The van der Waals surface area contributed by atoms with Gasteiger partial charge in [-0.2, -0.15) is 0 Å². The topological polar surface area (TPSA) is 67.6 Å². The van der Waals surface area contributed by atoms with Gasteiger partial charge in [-0.3, -0.25) is 4.79 Å². The van der Waals surface area contributed by atoms with Crippen molar-refractivity contribution in [3.63, 3.8) is 0 Å². The number of anilines is 2. The SMILES string of the molecule is CCOC(=O)CNCc1cc(N(C)C)ccc1N. The largest absolute Gasteiger partial charge is 0.465 e. The van der Waals surface area contributed by atoms with Crippen molar-refractivity contribution < 1.29 is 9.53 Å². The minimum Gasteiger partial charge on any atom is -0.465 e. The van der Waals surface area contributed by atoms with Gasteiger partial charge in [0.25, 0.3) is 0 Å². The van der Waals surface area contributed by atoms with Crippen LogP contribution in [0.2, 0.25) is 0 Å². The Bertz CT molecular complexity index is 405. The average Bonchev–Trinajstić information content (AvgIpc) is 2.31. The van der Waals surface area contributed by atoms with Crippen LogP contribution in [0.4, 0.5) is 11.4 Å². The van der Waals surface area contributed by atoms with Crippen molar-refractivity contribution in [1.29, 1.82) is 0 Å². The fourth-order valence-corrected chi connectivity index (χ4v) is 1.53. The number of carbonyl (C=O) groups is 1. The molecular weight excluding hydrogens is 230 g/mol. The van der Waals surface area contributed by atoms with Crippen LogP contribution < -0.4 is 16.0 Å². The van der Waals surface area contributed by atoms with Crippen molar-refractivity contribution in [3.8, 4) is 0 Å². The summed E-state index contributed by atoms with van der Waals surface area (Å²) in [5.41, 5.74) is 8.67. The fraction of sp³-hybridized carbons (Fsp3) is 0.462. The summed E-state index contributed by atoms with van der Waals surface area (Å²) in [5, 5.41) is 3.02. The lowest BCUT2D eigenvalue weighted by Crippen LogP contribution is -2.24. The summed E-state index contributed by atoms with van der Waals surface area (Å²) in [5.74, 6) is -0.250. The van der Waals surface area contributed by atoms with E-state index in [0.29, 0.717) is 13.2 Å². The van der Waals surface area contributed by atoms with Crippen LogP contribution in [-0.2, 0) is 16.1 Å². The second-order valence-electron chi connectivity index (χ2n) is 4.19. The zero-order valence-corrected chi connectivity index (χ0v) is 11.2. The number of benzene rings is 1. The second-order valence-corrected chi connectivity index (χ2v) is 4.19. The van der Waals surface area contributed by atoms with Gasteiger partial charge in [0.05, 0.1) is 13.2 Å². The molecular formula is C13H21N3O2. The van der Waals surface area contributed by atoms with E-state index < -0.39 is 0 Å². The number of hydrogen-bond donors (Lipinski definition) is 2. The molecule has 0 aliphatic rings. The number of nitrogen functional groups attached to an aromatic ring is 1. The standard InChI is InChI=1S/C13H21N3O2/c1-4-18-13(17)9-15-8-10-7-11(16(2)3)5-6-12(10)14/h5-7,15H,4,8-9,14H2,1-3H3. The fourth-order valence-electron chi connectivity index (χ4n) is 1.53. The van der Waals surface area contributed by atoms with Crippen LogP contribution in [0.3, 0.4) is 0 Å². The van der Waals surface area contributed by atoms with Gasteiger partial charge in [-0.15, -0.1) is 0 Å². The van der Waals surface area contributed by atoms with Gasteiger partial charge < -0.3 is 20.7 Å². The molecule has 1 aromatic rings. The molecule has 5 nitrogen and oxygen atoms in total. The van der Waals surface area contributed by atoms with Gasteiger partial charge in [0.1, 0.15) is 0 Å². The molecule has 0 aliphatic heterocycles. The lowest BCUT2D eigenvalue weighted by Gasteiger charge is -2.15. The van der Waals surface area contributed by atoms with E-state index in [2.05, 4.69) is 5.32 Å². The Morgan fingerprint density at radius 1 is 1.44 bits per heavy atom. The van der Waals surface area contributed by atoms with E-state index in [1.54, 1.807) is 6.92 Å². The van der Waals surface area contributed by atoms with E-state index in [9.17, 15) is 4.79 Å². The van der Waals surface area contributed by atoms with Crippen LogP contribution in [-0.4, -0.2) is 33.2 Å². The van der Waals surface area contributed by atoms with Gasteiger partial charge in [-0.05, 0) is 30.7 Å². The molecule has 5 heteroatoms. The minimum atomic E-state index is -0.250. The summed E-state index contributed by atoms with van der Waals surface area (Å²) in [6.07, 6.45) is 0. The first-order valence-corrected chi connectivity index (χ1v) is 5.96. The van der Waals surface area contributed by atoms with E-state index >= 15 is 0 Å². The van der Waals surface area contributed by atoms with Crippen molar-refractivity contribution in [2.45, 2.75) is 13.5 Å². The molecule has 18 heavy (non-hydrogen) atoms. The Labute approximate surface area is 108 Å². The number of esters is 1. The number of hydrogen-bond acceptors (Lipinski definition) is 5. The molecule has 1 rings (SSSR count). The Balaban J connectivity index is 2.56. The van der Waals surface area contributed by atoms with Crippen LogP contribution >= 0.6 is 0 Å². The summed E-state index contributed by atoms with van der Waals surface area (Å²) in [6, 6.07) is 5.84. The average molecular weight is 251 g/mol. The van der Waals surface area contributed by atoms with Crippen LogP contribution in [0, 0.1) is 0 Å². The van der Waals surface area contributed by atoms with E-state index in [1.807, 2.05) is 37.2 Å². The molecule has 0 aromatic heterocycles. The molecule has 0 saturated heterocycles. The monoisotopic (exact) mass is 251 g/mol. The van der Waals surface area contributed by atoms with E-state index in [0.717, 1.165) is 16.9 Å². The highest BCUT2D eigenvalue weighted by Gasteiger charge is 2.05. The van der Waals surface area contributed by atoms with Gasteiger partial charge in [0.15, 0.2) is 0 Å².